The summed E-state index contributed by atoms with van der Waals surface area (Å²) >= 11 is 12.0. The fourth-order valence-electron chi connectivity index (χ4n) is 8.08. The summed E-state index contributed by atoms with van der Waals surface area (Å²) in [4.78, 5) is 39.6. The Morgan fingerprint density at radius 2 is 1.10 bits per heavy atom. The molecule has 3 rings (SSSR count). The molecule has 1 saturated heterocycles. The first-order valence-electron chi connectivity index (χ1n) is 23.9. The van der Waals surface area contributed by atoms with Gasteiger partial charge in [-0.1, -0.05) is 157 Å². The van der Waals surface area contributed by atoms with E-state index in [1.165, 1.54) is 43.2 Å². The van der Waals surface area contributed by atoms with Crippen LogP contribution in [0.25, 0.3) is 0 Å². The van der Waals surface area contributed by atoms with E-state index in [0.29, 0.717) is 19.3 Å². The molecule has 1 aliphatic heterocycles. The molecule has 1 heterocycles. The highest BCUT2D eigenvalue weighted by Gasteiger charge is 2.47. The quantitative estimate of drug-likeness (QED) is 0.0397. The monoisotopic (exact) mass is 905 g/mol. The topological polar surface area (TPSA) is 152 Å². The lowest BCUT2D eigenvalue weighted by Crippen LogP contribution is -2.65. The lowest BCUT2D eigenvalue weighted by molar-refractivity contribution is -0.259. The van der Waals surface area contributed by atoms with Crippen LogP contribution in [0.5, 0.6) is 0 Å². The molecule has 0 unspecified atom stereocenters. The third-order valence-corrected chi connectivity index (χ3v) is 12.3. The molecule has 0 aromatic heterocycles. The number of halogens is 2. The fraction of sp³-hybridized carbons (Fsp3) is 0.700. The zero-order valence-corrected chi connectivity index (χ0v) is 38.9. The maximum Gasteiger partial charge on any atom is 0.306 e. The van der Waals surface area contributed by atoms with Crippen molar-refractivity contribution >= 4 is 41.0 Å². The number of carbonyl (C=O) groups excluding carboxylic acids is 3. The fourth-order valence-corrected chi connectivity index (χ4v) is 8.34. The van der Waals surface area contributed by atoms with Gasteiger partial charge in [-0.2, -0.15) is 0 Å². The van der Waals surface area contributed by atoms with Crippen molar-refractivity contribution < 1.29 is 43.9 Å². The van der Waals surface area contributed by atoms with Crippen molar-refractivity contribution in [1.29, 1.82) is 0 Å². The summed E-state index contributed by atoms with van der Waals surface area (Å²) in [6, 6.07) is 14.6. The van der Waals surface area contributed by atoms with Crippen molar-refractivity contribution in [1.82, 2.24) is 5.32 Å². The summed E-state index contributed by atoms with van der Waals surface area (Å²) in [7, 11) is 0. The Hall–Kier alpha value is -2.73. The van der Waals surface area contributed by atoms with Gasteiger partial charge in [0.1, 0.15) is 24.4 Å². The van der Waals surface area contributed by atoms with Gasteiger partial charge in [0.2, 0.25) is 5.91 Å². The van der Waals surface area contributed by atoms with Crippen LogP contribution >= 0.6 is 23.2 Å². The molecule has 12 heteroatoms. The van der Waals surface area contributed by atoms with E-state index in [1.807, 2.05) is 36.4 Å². The molecule has 4 N–H and O–H groups in total. The van der Waals surface area contributed by atoms with Gasteiger partial charge in [-0.3, -0.25) is 14.4 Å². The predicted molar refractivity (Wildman–Crippen MR) is 247 cm³/mol. The van der Waals surface area contributed by atoms with Crippen molar-refractivity contribution in [2.45, 2.75) is 217 Å². The third kappa shape index (κ3) is 23.3. The molecule has 6 atom stereocenters. The van der Waals surface area contributed by atoms with Gasteiger partial charge >= 0.3 is 11.9 Å². The predicted octanol–water partition coefficient (Wildman–Crippen LogP) is 10.9. The van der Waals surface area contributed by atoms with Crippen LogP contribution < -0.4 is 5.32 Å². The summed E-state index contributed by atoms with van der Waals surface area (Å²) in [6.45, 7) is 1.59. The van der Waals surface area contributed by atoms with E-state index in [1.54, 1.807) is 0 Å². The number of ether oxygens (including phenoxy) is 3. The number of esters is 2. The zero-order chi connectivity index (χ0) is 44.8. The minimum atomic E-state index is -1.65. The molecule has 10 nitrogen and oxygen atoms in total. The number of aryl methyl sites for hydroxylation is 2. The van der Waals surface area contributed by atoms with E-state index in [0.717, 1.165) is 113 Å². The second-order valence-corrected chi connectivity index (χ2v) is 18.1. The number of unbranched alkanes of at least 4 members (excludes halogenated alkanes) is 18. The highest BCUT2D eigenvalue weighted by Crippen LogP contribution is 2.25. The molecule has 1 amide bonds. The van der Waals surface area contributed by atoms with Crippen LogP contribution in [0.15, 0.2) is 48.5 Å². The molecular weight excluding hydrogens is 829 g/mol. The molecule has 350 valence electrons. The van der Waals surface area contributed by atoms with E-state index in [2.05, 4.69) is 24.4 Å². The normalized spacial score (nSPS) is 19.2. The third-order valence-electron chi connectivity index (χ3n) is 11.8. The second kappa shape index (κ2) is 32.9. The van der Waals surface area contributed by atoms with Crippen LogP contribution in [0.2, 0.25) is 10.0 Å². The first-order valence-corrected chi connectivity index (χ1v) is 24.6. The molecule has 0 aliphatic carbocycles. The van der Waals surface area contributed by atoms with Crippen LogP contribution in [0.1, 0.15) is 179 Å². The molecule has 1 fully saturated rings. The van der Waals surface area contributed by atoms with Crippen molar-refractivity contribution in [2.75, 3.05) is 6.61 Å². The minimum Gasteiger partial charge on any atom is -0.462 e. The molecule has 2 aromatic carbocycles. The lowest BCUT2D eigenvalue weighted by atomic mass is 9.96. The summed E-state index contributed by atoms with van der Waals surface area (Å²) < 4.78 is 17.0. The number of aliphatic hydroxyl groups is 3. The highest BCUT2D eigenvalue weighted by atomic mass is 35.5. The van der Waals surface area contributed by atoms with Gasteiger partial charge in [0, 0.05) is 22.9 Å². The standard InChI is InChI=1S/C50H77Cl2NO9/c1-2-3-4-5-6-7-8-15-20-25-42(60-45(56)26-21-16-11-9-13-18-23-38-28-32-40(51)33-29-38)36-44(55)53-47-49(48(58)43(37-54)61-50(47)59)62-46(57)27-22-17-12-10-14-19-24-39-30-34-41(52)35-31-39/h28-35,42-43,47-50,54,58-59H,2-27,36-37H2,1H3,(H,53,55)/t42-,43+,47+,48+,49+,50+/m0/s1. The SMILES string of the molecule is CCCCCCCCCCC[C@@H](CC(=O)N[C@@H]1[C@@H](OC(=O)CCCCCCCCc2ccc(Cl)cc2)[C@H](O)[C@@H](CO)O[C@H]1O)OC(=O)CCCCCCCCc1ccc(Cl)cc1. The molecule has 0 bridgehead atoms. The summed E-state index contributed by atoms with van der Waals surface area (Å²) in [5.41, 5.74) is 2.55. The maximum absolute atomic E-state index is 13.6. The molecule has 0 radical (unpaired) electrons. The summed E-state index contributed by atoms with van der Waals surface area (Å²) in [5, 5.41) is 35.9. The molecule has 62 heavy (non-hydrogen) atoms. The molecule has 0 spiro atoms. The van der Waals surface area contributed by atoms with Gasteiger partial charge in [0.15, 0.2) is 12.4 Å². The number of carbonyl (C=O) groups is 3. The largest absolute Gasteiger partial charge is 0.462 e. The Bertz CT molecular complexity index is 1490. The Labute approximate surface area is 382 Å². The first kappa shape index (κ1) is 53.6. The van der Waals surface area contributed by atoms with Crippen LogP contribution in [0.4, 0.5) is 0 Å². The van der Waals surface area contributed by atoms with E-state index >= 15 is 0 Å². The number of hydrogen-bond acceptors (Lipinski definition) is 9. The minimum absolute atomic E-state index is 0.108. The summed E-state index contributed by atoms with van der Waals surface area (Å²) in [6.07, 6.45) is 18.1. The van der Waals surface area contributed by atoms with Crippen LogP contribution in [-0.2, 0) is 41.4 Å². The number of aliphatic hydroxyl groups excluding tert-OH is 3. The summed E-state index contributed by atoms with van der Waals surface area (Å²) in [5.74, 6) is -1.44. The number of nitrogens with one attached hydrogen (secondary N) is 1. The first-order chi connectivity index (χ1) is 30.1. The van der Waals surface area contributed by atoms with Gasteiger partial charge < -0.3 is 34.8 Å². The van der Waals surface area contributed by atoms with E-state index < -0.39 is 55.2 Å². The average Bonchev–Trinajstić information content (AvgIpc) is 3.25. The van der Waals surface area contributed by atoms with E-state index in [4.69, 9.17) is 37.4 Å². The lowest BCUT2D eigenvalue weighted by Gasteiger charge is -2.42. The van der Waals surface area contributed by atoms with Crippen LogP contribution in [-0.4, -0.2) is 76.5 Å². The number of hydrogen-bond donors (Lipinski definition) is 4. The highest BCUT2D eigenvalue weighted by molar-refractivity contribution is 6.30. The van der Waals surface area contributed by atoms with Crippen molar-refractivity contribution in [3.8, 4) is 0 Å². The molecule has 0 saturated carbocycles. The number of benzene rings is 2. The molecule has 2 aromatic rings. The van der Waals surface area contributed by atoms with Crippen molar-refractivity contribution in [2.24, 2.45) is 0 Å². The molecule has 1 aliphatic rings. The van der Waals surface area contributed by atoms with Crippen LogP contribution in [0, 0.1) is 0 Å². The van der Waals surface area contributed by atoms with Gasteiger partial charge in [-0.25, -0.2) is 0 Å². The van der Waals surface area contributed by atoms with Gasteiger partial charge in [-0.15, -0.1) is 0 Å². The zero-order valence-electron chi connectivity index (χ0n) is 37.4. The number of rotatable bonds is 34. The Balaban J connectivity index is 1.45. The number of amides is 1. The Morgan fingerprint density at radius 3 is 1.60 bits per heavy atom. The van der Waals surface area contributed by atoms with Crippen molar-refractivity contribution in [3.05, 3.63) is 69.7 Å². The van der Waals surface area contributed by atoms with Gasteiger partial charge in [0.25, 0.3) is 0 Å². The van der Waals surface area contributed by atoms with Crippen molar-refractivity contribution in [3.63, 3.8) is 0 Å². The van der Waals surface area contributed by atoms with Crippen LogP contribution in [0.3, 0.4) is 0 Å². The smallest absolute Gasteiger partial charge is 0.306 e. The van der Waals surface area contributed by atoms with E-state index in [9.17, 15) is 29.7 Å². The van der Waals surface area contributed by atoms with Gasteiger partial charge in [-0.05, 0) is 86.8 Å². The Morgan fingerprint density at radius 1 is 0.645 bits per heavy atom. The Kier molecular flexibility index (Phi) is 28.4. The van der Waals surface area contributed by atoms with Gasteiger partial charge in [0.05, 0.1) is 13.0 Å². The second-order valence-electron chi connectivity index (χ2n) is 17.2. The maximum atomic E-state index is 13.6. The van der Waals surface area contributed by atoms with E-state index in [-0.39, 0.29) is 25.2 Å². The molecular formula is C50H77Cl2NO9. The average molecular weight is 907 g/mol.